The Labute approximate surface area is 91.8 Å². The van der Waals surface area contributed by atoms with E-state index in [2.05, 4.69) is 35.9 Å². The van der Waals surface area contributed by atoms with E-state index >= 15 is 0 Å². The van der Waals surface area contributed by atoms with Crippen LogP contribution in [0.3, 0.4) is 0 Å². The third-order valence-electron chi connectivity index (χ3n) is 3.67. The maximum atomic E-state index is 3.42. The van der Waals surface area contributed by atoms with Crippen LogP contribution in [0.2, 0.25) is 0 Å². The lowest BCUT2D eigenvalue weighted by atomic mass is 10.0. The van der Waals surface area contributed by atoms with Crippen LogP contribution in [0, 0.1) is 0 Å². The topological polar surface area (TPSA) is 15.3 Å². The predicted octanol–water partition coefficient (Wildman–Crippen LogP) is 1.56. The van der Waals surface area contributed by atoms with Crippen LogP contribution in [0.5, 0.6) is 0 Å². The third kappa shape index (κ3) is 2.26. The van der Waals surface area contributed by atoms with Crippen molar-refractivity contribution in [2.75, 3.05) is 25.9 Å². The molecule has 2 aliphatic rings. The van der Waals surface area contributed by atoms with E-state index in [1.165, 1.54) is 38.1 Å². The fourth-order valence-corrected chi connectivity index (χ4v) is 4.02. The zero-order valence-electron chi connectivity index (χ0n) is 9.33. The molecule has 2 aliphatic heterocycles. The number of nitrogens with one attached hydrogen (secondary N) is 1. The Bertz CT molecular complexity index is 186. The number of likely N-dealkylation sites (tertiary alicyclic amines) is 1. The summed E-state index contributed by atoms with van der Waals surface area (Å²) < 4.78 is 0. The Hall–Kier alpha value is 0.270. The quantitative estimate of drug-likeness (QED) is 0.751. The van der Waals surface area contributed by atoms with Gasteiger partial charge in [-0.05, 0) is 38.6 Å². The van der Waals surface area contributed by atoms with E-state index in [9.17, 15) is 0 Å². The van der Waals surface area contributed by atoms with Crippen LogP contribution in [0.4, 0.5) is 0 Å². The molecule has 2 fully saturated rings. The number of hydrogen-bond acceptors (Lipinski definition) is 3. The summed E-state index contributed by atoms with van der Waals surface area (Å²) in [6.45, 7) is 4.99. The monoisotopic (exact) mass is 214 g/mol. The molecule has 82 valence electrons. The highest BCUT2D eigenvalue weighted by molar-refractivity contribution is 8.00. The second-order valence-electron chi connectivity index (χ2n) is 4.55. The van der Waals surface area contributed by atoms with E-state index in [-0.39, 0.29) is 0 Å². The summed E-state index contributed by atoms with van der Waals surface area (Å²) in [6.07, 6.45) is 4.14. The van der Waals surface area contributed by atoms with Crippen LogP contribution < -0.4 is 5.32 Å². The molecule has 0 aliphatic carbocycles. The van der Waals surface area contributed by atoms with Crippen molar-refractivity contribution < 1.29 is 0 Å². The molecular weight excluding hydrogens is 192 g/mol. The molecule has 0 aromatic carbocycles. The molecular formula is C11H22N2S. The summed E-state index contributed by atoms with van der Waals surface area (Å²) >= 11 is 2.15. The summed E-state index contributed by atoms with van der Waals surface area (Å²) in [5.74, 6) is 1.37. The van der Waals surface area contributed by atoms with Crippen molar-refractivity contribution in [3.63, 3.8) is 0 Å². The molecule has 0 bridgehead atoms. The highest BCUT2D eigenvalue weighted by Crippen LogP contribution is 2.31. The van der Waals surface area contributed by atoms with Crippen molar-refractivity contribution in [2.45, 2.75) is 43.5 Å². The molecule has 2 saturated heterocycles. The van der Waals surface area contributed by atoms with Gasteiger partial charge in [-0.25, -0.2) is 0 Å². The molecule has 2 rings (SSSR count). The molecule has 3 atom stereocenters. The molecule has 1 N–H and O–H groups in total. The minimum Gasteiger partial charge on any atom is -0.316 e. The smallest absolute Gasteiger partial charge is 0.0220 e. The molecule has 0 amide bonds. The number of thioether (sulfide) groups is 1. The van der Waals surface area contributed by atoms with E-state index < -0.39 is 0 Å². The molecule has 0 radical (unpaired) electrons. The summed E-state index contributed by atoms with van der Waals surface area (Å²) in [5.41, 5.74) is 0. The Morgan fingerprint density at radius 2 is 2.21 bits per heavy atom. The van der Waals surface area contributed by atoms with Gasteiger partial charge < -0.3 is 5.32 Å². The predicted molar refractivity (Wildman–Crippen MR) is 64.0 cm³/mol. The third-order valence-corrected chi connectivity index (χ3v) is 4.98. The molecule has 0 aromatic rings. The van der Waals surface area contributed by atoms with Crippen molar-refractivity contribution in [1.29, 1.82) is 0 Å². The fraction of sp³-hybridized carbons (Fsp3) is 1.00. The first-order valence-electron chi connectivity index (χ1n) is 5.84. The second kappa shape index (κ2) is 4.86. The first-order valence-corrected chi connectivity index (χ1v) is 6.89. The first-order chi connectivity index (χ1) is 6.81. The number of hydrogen-bond donors (Lipinski definition) is 1. The highest BCUT2D eigenvalue weighted by atomic mass is 32.2. The lowest BCUT2D eigenvalue weighted by molar-refractivity contribution is 0.140. The average molecular weight is 214 g/mol. The van der Waals surface area contributed by atoms with Crippen molar-refractivity contribution in [2.24, 2.45) is 0 Å². The summed E-state index contributed by atoms with van der Waals surface area (Å²) in [6, 6.07) is 1.60. The Morgan fingerprint density at radius 3 is 2.86 bits per heavy atom. The van der Waals surface area contributed by atoms with Gasteiger partial charge in [0.05, 0.1) is 0 Å². The van der Waals surface area contributed by atoms with Gasteiger partial charge in [-0.3, -0.25) is 4.90 Å². The van der Waals surface area contributed by atoms with E-state index in [4.69, 9.17) is 0 Å². The molecule has 3 heteroatoms. The van der Waals surface area contributed by atoms with Gasteiger partial charge in [-0.15, -0.1) is 0 Å². The largest absolute Gasteiger partial charge is 0.316 e. The van der Waals surface area contributed by atoms with E-state index in [1.54, 1.807) is 0 Å². The van der Waals surface area contributed by atoms with Gasteiger partial charge >= 0.3 is 0 Å². The van der Waals surface area contributed by atoms with Gasteiger partial charge in [0.1, 0.15) is 0 Å². The van der Waals surface area contributed by atoms with Gasteiger partial charge in [0, 0.05) is 23.9 Å². The van der Waals surface area contributed by atoms with Crippen LogP contribution in [0.1, 0.15) is 26.2 Å². The highest BCUT2D eigenvalue weighted by Gasteiger charge is 2.32. The molecule has 0 spiro atoms. The normalized spacial score (nSPS) is 40.3. The fourth-order valence-electron chi connectivity index (χ4n) is 2.74. The van der Waals surface area contributed by atoms with Crippen molar-refractivity contribution in [3.8, 4) is 0 Å². The van der Waals surface area contributed by atoms with Crippen LogP contribution in [0.25, 0.3) is 0 Å². The van der Waals surface area contributed by atoms with Crippen molar-refractivity contribution >= 4 is 11.8 Å². The van der Waals surface area contributed by atoms with Crippen molar-refractivity contribution in [3.05, 3.63) is 0 Å². The Morgan fingerprint density at radius 1 is 1.36 bits per heavy atom. The molecule has 0 aromatic heterocycles. The maximum Gasteiger partial charge on any atom is 0.0220 e. The zero-order valence-corrected chi connectivity index (χ0v) is 10.1. The van der Waals surface area contributed by atoms with Crippen LogP contribution in [0.15, 0.2) is 0 Å². The lowest BCUT2D eigenvalue weighted by Gasteiger charge is -2.38. The summed E-state index contributed by atoms with van der Waals surface area (Å²) in [7, 11) is 2.10. The van der Waals surface area contributed by atoms with E-state index in [1.807, 2.05) is 0 Å². The second-order valence-corrected chi connectivity index (χ2v) is 6.04. The summed E-state index contributed by atoms with van der Waals surface area (Å²) in [4.78, 5) is 2.72. The van der Waals surface area contributed by atoms with Gasteiger partial charge in [0.25, 0.3) is 0 Å². The molecule has 0 saturated carbocycles. The van der Waals surface area contributed by atoms with Crippen LogP contribution in [-0.4, -0.2) is 48.1 Å². The minimum atomic E-state index is 0.738. The molecule has 2 heterocycles. The van der Waals surface area contributed by atoms with Gasteiger partial charge in [-0.2, -0.15) is 11.8 Å². The molecule has 14 heavy (non-hydrogen) atoms. The molecule has 3 unspecified atom stereocenters. The Kier molecular flexibility index (Phi) is 3.74. The number of rotatable bonds is 2. The first kappa shape index (κ1) is 10.8. The SMILES string of the molecule is CNC1CCCN(C2CCSC2C)C1. The standard InChI is InChI=1S/C11H22N2S/c1-9-11(5-7-14-9)13-6-3-4-10(8-13)12-2/h9-12H,3-8H2,1-2H3. The van der Waals surface area contributed by atoms with Crippen molar-refractivity contribution in [1.82, 2.24) is 10.2 Å². The Balaban J connectivity index is 1.90. The zero-order chi connectivity index (χ0) is 9.97. The van der Waals surface area contributed by atoms with Crippen LogP contribution >= 0.6 is 11.8 Å². The van der Waals surface area contributed by atoms with E-state index in [0.717, 1.165) is 17.3 Å². The number of likely N-dealkylation sites (N-methyl/N-ethyl adjacent to an activating group) is 1. The average Bonchev–Trinajstić information content (AvgIpc) is 2.65. The van der Waals surface area contributed by atoms with Gasteiger partial charge in [0.15, 0.2) is 0 Å². The van der Waals surface area contributed by atoms with Gasteiger partial charge in [-0.1, -0.05) is 6.92 Å². The molecule has 2 nitrogen and oxygen atoms in total. The maximum absolute atomic E-state index is 3.42. The number of piperidine rings is 1. The summed E-state index contributed by atoms with van der Waals surface area (Å²) in [5, 5.41) is 4.28. The lowest BCUT2D eigenvalue weighted by Crippen LogP contribution is -2.50. The van der Waals surface area contributed by atoms with E-state index in [0.29, 0.717) is 0 Å². The number of nitrogens with zero attached hydrogens (tertiary/aromatic N) is 1. The van der Waals surface area contributed by atoms with Crippen LogP contribution in [-0.2, 0) is 0 Å². The minimum absolute atomic E-state index is 0.738. The van der Waals surface area contributed by atoms with Gasteiger partial charge in [0.2, 0.25) is 0 Å².